The Morgan fingerprint density at radius 3 is 2.36 bits per heavy atom. The Kier molecular flexibility index (Phi) is 6.31. The number of nitrogens with zero attached hydrogens (tertiary/aromatic N) is 5. The van der Waals surface area contributed by atoms with Crippen LogP contribution in [0, 0.1) is 6.92 Å². The number of methoxy groups -OCH3 is 2. The van der Waals surface area contributed by atoms with Crippen LogP contribution in [-0.2, 0) is 19.5 Å². The molecule has 0 unspecified atom stereocenters. The lowest BCUT2D eigenvalue weighted by molar-refractivity contribution is -0.147. The van der Waals surface area contributed by atoms with Gasteiger partial charge in [0.05, 0.1) is 49.8 Å². The molecule has 0 fully saturated rings. The summed E-state index contributed by atoms with van der Waals surface area (Å²) < 4.78 is 88.3. The van der Waals surface area contributed by atoms with Crippen LogP contribution in [0.4, 0.5) is 32.2 Å². The van der Waals surface area contributed by atoms with E-state index >= 15 is 0 Å². The van der Waals surface area contributed by atoms with E-state index < -0.39 is 36.9 Å². The second-order valence-corrected chi connectivity index (χ2v) is 8.03. The smallest absolute Gasteiger partial charge is 0.408 e. The van der Waals surface area contributed by atoms with Crippen LogP contribution in [0.5, 0.6) is 11.6 Å². The maximum atomic E-state index is 13.1. The summed E-state index contributed by atoms with van der Waals surface area (Å²) in [7, 11) is 2.87. The molecule has 14 heteroatoms. The second-order valence-electron chi connectivity index (χ2n) is 8.03. The summed E-state index contributed by atoms with van der Waals surface area (Å²) in [5.41, 5.74) is 1.30. The Labute approximate surface area is 200 Å². The van der Waals surface area contributed by atoms with E-state index in [-0.39, 0.29) is 28.5 Å². The minimum absolute atomic E-state index is 0.182. The molecule has 4 heterocycles. The summed E-state index contributed by atoms with van der Waals surface area (Å²) in [6.45, 7) is -0.254. The molecule has 1 amide bonds. The van der Waals surface area contributed by atoms with Crippen LogP contribution in [-0.4, -0.2) is 52.2 Å². The number of alkyl halides is 6. The zero-order chi connectivity index (χ0) is 26.4. The molecule has 3 aromatic rings. The first-order chi connectivity index (χ1) is 16.8. The fourth-order valence-electron chi connectivity index (χ4n) is 3.93. The lowest BCUT2D eigenvalue weighted by atomic mass is 10.1. The number of pyridine rings is 2. The van der Waals surface area contributed by atoms with Crippen LogP contribution >= 0.6 is 0 Å². The highest BCUT2D eigenvalue weighted by Crippen LogP contribution is 2.35. The largest absolute Gasteiger partial charge is 0.491 e. The van der Waals surface area contributed by atoms with Crippen molar-refractivity contribution in [1.82, 2.24) is 19.7 Å². The topological polar surface area (TPSA) is 82.4 Å². The van der Waals surface area contributed by atoms with Gasteiger partial charge in [0.25, 0.3) is 11.8 Å². The zero-order valence-corrected chi connectivity index (χ0v) is 19.2. The van der Waals surface area contributed by atoms with E-state index in [2.05, 4.69) is 15.1 Å². The predicted octanol–water partition coefficient (Wildman–Crippen LogP) is 4.49. The number of aromatic nitrogens is 4. The van der Waals surface area contributed by atoms with Gasteiger partial charge < -0.3 is 9.47 Å². The highest BCUT2D eigenvalue weighted by Gasteiger charge is 2.38. The summed E-state index contributed by atoms with van der Waals surface area (Å²) in [5.74, 6) is -0.345. The van der Waals surface area contributed by atoms with E-state index in [9.17, 15) is 31.1 Å². The highest BCUT2D eigenvalue weighted by molar-refractivity contribution is 6.10. The SMILES string of the molecule is COc1cc(-c2cc(C)c3c(n2)CN(c2cc(CC(F)(F)F)n(CC(F)(F)F)n2)C3=O)cnc1OC. The minimum atomic E-state index is -4.80. The number of carbonyl (C=O) groups excluding carboxylic acids is 1. The van der Waals surface area contributed by atoms with Crippen molar-refractivity contribution >= 4 is 11.7 Å². The Morgan fingerprint density at radius 2 is 1.75 bits per heavy atom. The van der Waals surface area contributed by atoms with Gasteiger partial charge in [0.15, 0.2) is 11.6 Å². The Bertz CT molecular complexity index is 1290. The van der Waals surface area contributed by atoms with Gasteiger partial charge in [-0.15, -0.1) is 0 Å². The lowest BCUT2D eigenvalue weighted by Crippen LogP contribution is -2.25. The van der Waals surface area contributed by atoms with E-state index in [1.165, 1.54) is 20.4 Å². The molecule has 0 bridgehead atoms. The normalized spacial score (nSPS) is 13.8. The molecule has 0 saturated carbocycles. The molecule has 0 saturated heterocycles. The number of amides is 1. The third-order valence-corrected chi connectivity index (χ3v) is 5.42. The monoisotopic (exact) mass is 515 g/mol. The van der Waals surface area contributed by atoms with Gasteiger partial charge in [-0.05, 0) is 24.6 Å². The van der Waals surface area contributed by atoms with Crippen LogP contribution in [0.15, 0.2) is 24.4 Å². The quantitative estimate of drug-likeness (QED) is 0.450. The van der Waals surface area contributed by atoms with E-state index in [0.29, 0.717) is 28.3 Å². The lowest BCUT2D eigenvalue weighted by Gasteiger charge is -2.12. The van der Waals surface area contributed by atoms with Gasteiger partial charge in [0, 0.05) is 17.8 Å². The molecular formula is C22H19F6N5O3. The van der Waals surface area contributed by atoms with Gasteiger partial charge in [0.1, 0.15) is 6.54 Å². The number of ether oxygens (including phenoxy) is 2. The molecule has 0 aromatic carbocycles. The number of rotatable bonds is 6. The van der Waals surface area contributed by atoms with Crippen molar-refractivity contribution in [3.63, 3.8) is 0 Å². The molecule has 0 spiro atoms. The first-order valence-electron chi connectivity index (χ1n) is 10.4. The maximum absolute atomic E-state index is 13.1. The van der Waals surface area contributed by atoms with Gasteiger partial charge >= 0.3 is 12.4 Å². The number of anilines is 1. The standard InChI is InChI=1S/C22H19F6N5O3/c1-11-4-14(12-5-16(35-2)19(36-3)29-8-12)30-15-9-32(20(34)18(11)15)17-6-13(7-21(23,24)25)33(31-17)10-22(26,27)28/h4-6,8H,7,9-10H2,1-3H3. The van der Waals surface area contributed by atoms with Gasteiger partial charge in [-0.1, -0.05) is 0 Å². The molecule has 0 N–H and O–H groups in total. The molecule has 1 aliphatic rings. The maximum Gasteiger partial charge on any atom is 0.408 e. The third-order valence-electron chi connectivity index (χ3n) is 5.42. The zero-order valence-electron chi connectivity index (χ0n) is 19.2. The first-order valence-corrected chi connectivity index (χ1v) is 10.4. The Hall–Kier alpha value is -3.84. The van der Waals surface area contributed by atoms with Crippen molar-refractivity contribution in [3.8, 4) is 22.9 Å². The van der Waals surface area contributed by atoms with Crippen LogP contribution in [0.3, 0.4) is 0 Å². The molecule has 0 radical (unpaired) electrons. The summed E-state index contributed by atoms with van der Waals surface area (Å²) in [6, 6.07) is 4.11. The van der Waals surface area contributed by atoms with E-state index in [1.807, 2.05) is 0 Å². The number of hydrogen-bond donors (Lipinski definition) is 0. The molecule has 8 nitrogen and oxygen atoms in total. The number of aryl methyl sites for hydroxylation is 1. The molecule has 1 aliphatic heterocycles. The van der Waals surface area contributed by atoms with Gasteiger partial charge in [0.2, 0.25) is 0 Å². The molecule has 0 aliphatic carbocycles. The van der Waals surface area contributed by atoms with E-state index in [4.69, 9.17) is 9.47 Å². The van der Waals surface area contributed by atoms with E-state index in [0.717, 1.165) is 11.0 Å². The van der Waals surface area contributed by atoms with Crippen molar-refractivity contribution < 1.29 is 40.6 Å². The summed E-state index contributed by atoms with van der Waals surface area (Å²) in [6.07, 6.45) is -9.70. The van der Waals surface area contributed by atoms with Gasteiger partial charge in [-0.3, -0.25) is 19.4 Å². The summed E-state index contributed by atoms with van der Waals surface area (Å²) >= 11 is 0. The molecular weight excluding hydrogens is 496 g/mol. The van der Waals surface area contributed by atoms with Crippen LogP contribution in [0.2, 0.25) is 0 Å². The number of hydrogen-bond acceptors (Lipinski definition) is 6. The number of fused-ring (bicyclic) bond motifs is 1. The second kappa shape index (κ2) is 8.99. The average molecular weight is 515 g/mol. The molecule has 4 rings (SSSR count). The number of carbonyl (C=O) groups is 1. The van der Waals surface area contributed by atoms with Crippen molar-refractivity contribution in [2.45, 2.75) is 38.8 Å². The fourth-order valence-corrected chi connectivity index (χ4v) is 3.93. The summed E-state index contributed by atoms with van der Waals surface area (Å²) in [5, 5.41) is 3.68. The van der Waals surface area contributed by atoms with Gasteiger partial charge in [-0.25, -0.2) is 4.98 Å². The van der Waals surface area contributed by atoms with Gasteiger partial charge in [-0.2, -0.15) is 31.4 Å². The predicted molar refractivity (Wildman–Crippen MR) is 114 cm³/mol. The Morgan fingerprint density at radius 1 is 1.03 bits per heavy atom. The van der Waals surface area contributed by atoms with Crippen molar-refractivity contribution in [2.75, 3.05) is 19.1 Å². The average Bonchev–Trinajstić information content (AvgIpc) is 3.31. The third kappa shape index (κ3) is 5.06. The summed E-state index contributed by atoms with van der Waals surface area (Å²) in [4.78, 5) is 22.7. The first kappa shape index (κ1) is 25.3. The highest BCUT2D eigenvalue weighted by atomic mass is 19.4. The molecule has 192 valence electrons. The van der Waals surface area contributed by atoms with Crippen LogP contribution < -0.4 is 14.4 Å². The Balaban J connectivity index is 1.70. The molecule has 3 aromatic heterocycles. The number of halogens is 6. The minimum Gasteiger partial charge on any atom is -0.491 e. The molecule has 0 atom stereocenters. The fraction of sp³-hybridized carbons (Fsp3) is 0.364. The van der Waals surface area contributed by atoms with Crippen LogP contribution in [0.25, 0.3) is 11.3 Å². The van der Waals surface area contributed by atoms with E-state index in [1.54, 1.807) is 19.1 Å². The molecule has 36 heavy (non-hydrogen) atoms. The van der Waals surface area contributed by atoms with Crippen molar-refractivity contribution in [1.29, 1.82) is 0 Å². The van der Waals surface area contributed by atoms with Crippen molar-refractivity contribution in [3.05, 3.63) is 46.9 Å². The van der Waals surface area contributed by atoms with Crippen LogP contribution in [0.1, 0.15) is 27.3 Å². The van der Waals surface area contributed by atoms with Crippen molar-refractivity contribution in [2.24, 2.45) is 0 Å².